The smallest absolute Gasteiger partial charge is 0.270 e. The average molecular weight is 372 g/mol. The molecule has 0 saturated heterocycles. The van der Waals surface area contributed by atoms with Gasteiger partial charge in [-0.1, -0.05) is 23.7 Å². The molecule has 0 aliphatic heterocycles. The van der Waals surface area contributed by atoms with Gasteiger partial charge < -0.3 is 9.26 Å². The molecule has 0 saturated carbocycles. The number of carbonyl (C=O) groups is 1. The lowest BCUT2D eigenvalue weighted by atomic mass is 10.1. The van der Waals surface area contributed by atoms with Crippen LogP contribution in [-0.2, 0) is 4.79 Å². The van der Waals surface area contributed by atoms with E-state index in [1.165, 1.54) is 0 Å². The summed E-state index contributed by atoms with van der Waals surface area (Å²) in [6.07, 6.45) is -0.715. The van der Waals surface area contributed by atoms with Crippen molar-refractivity contribution in [2.24, 2.45) is 0 Å². The molecule has 134 valence electrons. The fourth-order valence-electron chi connectivity index (χ4n) is 2.29. The van der Waals surface area contributed by atoms with Crippen LogP contribution in [0.4, 0.5) is 5.95 Å². The molecule has 0 bridgehead atoms. The van der Waals surface area contributed by atoms with Gasteiger partial charge in [-0.2, -0.15) is 4.98 Å². The molecule has 1 atom stereocenters. The Bertz CT molecular complexity index is 922. The van der Waals surface area contributed by atoms with Crippen LogP contribution in [0.15, 0.2) is 47.0 Å². The number of anilines is 1. The number of rotatable bonds is 5. The first-order chi connectivity index (χ1) is 12.4. The van der Waals surface area contributed by atoms with E-state index in [2.05, 4.69) is 15.5 Å². The second-order valence-corrected chi connectivity index (χ2v) is 6.31. The summed E-state index contributed by atoms with van der Waals surface area (Å²) >= 11 is 5.86. The summed E-state index contributed by atoms with van der Waals surface area (Å²) in [5, 5.41) is 6.97. The highest BCUT2D eigenvalue weighted by Crippen LogP contribution is 2.23. The van der Waals surface area contributed by atoms with Crippen molar-refractivity contribution in [3.05, 3.63) is 58.6 Å². The Morgan fingerprint density at radius 1 is 1.19 bits per heavy atom. The van der Waals surface area contributed by atoms with Crippen LogP contribution < -0.4 is 10.1 Å². The second-order valence-electron chi connectivity index (χ2n) is 5.88. The zero-order valence-electron chi connectivity index (χ0n) is 14.6. The van der Waals surface area contributed by atoms with Crippen molar-refractivity contribution in [3.8, 4) is 17.2 Å². The lowest BCUT2D eigenvalue weighted by Gasteiger charge is -2.16. The molecule has 1 amide bonds. The van der Waals surface area contributed by atoms with E-state index in [1.54, 1.807) is 31.2 Å². The topological polar surface area (TPSA) is 77.2 Å². The van der Waals surface area contributed by atoms with Gasteiger partial charge in [0, 0.05) is 10.6 Å². The van der Waals surface area contributed by atoms with Gasteiger partial charge >= 0.3 is 0 Å². The van der Waals surface area contributed by atoms with Gasteiger partial charge in [-0.3, -0.25) is 10.1 Å². The van der Waals surface area contributed by atoms with E-state index in [4.69, 9.17) is 20.9 Å². The Hall–Kier alpha value is -2.86. The normalized spacial score (nSPS) is 11.8. The first-order valence-electron chi connectivity index (χ1n) is 8.07. The molecule has 0 radical (unpaired) electrons. The maximum atomic E-state index is 12.3. The SMILES string of the molecule is Cc1cccc(O[C@@H](C)C(=O)Nc2noc(-c3ccc(Cl)cc3)n2)c1C. The van der Waals surface area contributed by atoms with Crippen molar-refractivity contribution in [1.82, 2.24) is 10.1 Å². The number of ether oxygens (including phenoxy) is 1. The summed E-state index contributed by atoms with van der Waals surface area (Å²) in [4.78, 5) is 16.5. The number of nitrogens with zero attached hydrogens (tertiary/aromatic N) is 2. The minimum Gasteiger partial charge on any atom is -0.481 e. The maximum absolute atomic E-state index is 12.3. The maximum Gasteiger partial charge on any atom is 0.270 e. The van der Waals surface area contributed by atoms with Crippen molar-refractivity contribution in [2.45, 2.75) is 26.9 Å². The van der Waals surface area contributed by atoms with E-state index >= 15 is 0 Å². The van der Waals surface area contributed by atoms with Gasteiger partial charge in [0.05, 0.1) is 0 Å². The summed E-state index contributed by atoms with van der Waals surface area (Å²) < 4.78 is 10.9. The van der Waals surface area contributed by atoms with Crippen molar-refractivity contribution in [2.75, 3.05) is 5.32 Å². The predicted octanol–water partition coefficient (Wildman–Crippen LogP) is 4.41. The van der Waals surface area contributed by atoms with Crippen LogP contribution in [-0.4, -0.2) is 22.2 Å². The molecule has 0 spiro atoms. The quantitative estimate of drug-likeness (QED) is 0.718. The summed E-state index contributed by atoms with van der Waals surface area (Å²) in [6.45, 7) is 5.61. The van der Waals surface area contributed by atoms with Crippen molar-refractivity contribution < 1.29 is 14.1 Å². The van der Waals surface area contributed by atoms with E-state index in [1.807, 2.05) is 32.0 Å². The van der Waals surface area contributed by atoms with Crippen LogP contribution in [0, 0.1) is 13.8 Å². The van der Waals surface area contributed by atoms with E-state index in [-0.39, 0.29) is 11.9 Å². The summed E-state index contributed by atoms with van der Waals surface area (Å²) in [5.74, 6) is 0.674. The van der Waals surface area contributed by atoms with E-state index < -0.39 is 6.10 Å². The number of nitrogens with one attached hydrogen (secondary N) is 1. The zero-order chi connectivity index (χ0) is 18.7. The minimum atomic E-state index is -0.715. The van der Waals surface area contributed by atoms with Crippen molar-refractivity contribution in [3.63, 3.8) is 0 Å². The van der Waals surface area contributed by atoms with Gasteiger partial charge in [0.15, 0.2) is 6.10 Å². The molecule has 3 rings (SSSR count). The van der Waals surface area contributed by atoms with Gasteiger partial charge in [-0.15, -0.1) is 0 Å². The van der Waals surface area contributed by atoms with Gasteiger partial charge in [0.25, 0.3) is 17.7 Å². The molecule has 3 aromatic rings. The minimum absolute atomic E-state index is 0.0800. The average Bonchev–Trinajstić information content (AvgIpc) is 3.08. The number of hydrogen-bond donors (Lipinski definition) is 1. The number of halogens is 1. The largest absolute Gasteiger partial charge is 0.481 e. The van der Waals surface area contributed by atoms with E-state index in [9.17, 15) is 4.79 Å². The van der Waals surface area contributed by atoms with Crippen molar-refractivity contribution >= 4 is 23.5 Å². The Labute approximate surface area is 156 Å². The third kappa shape index (κ3) is 4.03. The van der Waals surface area contributed by atoms with Gasteiger partial charge in [0.1, 0.15) is 5.75 Å². The van der Waals surface area contributed by atoms with Crippen LogP contribution >= 0.6 is 11.6 Å². The second kappa shape index (κ2) is 7.58. The first-order valence-corrected chi connectivity index (χ1v) is 8.45. The Kier molecular flexibility index (Phi) is 5.23. The standard InChI is InChI=1S/C19H18ClN3O3/c1-11-5-4-6-16(12(11)2)25-13(3)17(24)21-19-22-18(26-23-19)14-7-9-15(20)10-8-14/h4-10,13H,1-3H3,(H,21,23,24)/t13-/m0/s1. The molecule has 0 aliphatic rings. The molecule has 26 heavy (non-hydrogen) atoms. The highest BCUT2D eigenvalue weighted by Gasteiger charge is 2.19. The van der Waals surface area contributed by atoms with Crippen LogP contribution in [0.2, 0.25) is 5.02 Å². The molecular weight excluding hydrogens is 354 g/mol. The Morgan fingerprint density at radius 2 is 1.92 bits per heavy atom. The van der Waals surface area contributed by atoms with Gasteiger partial charge in [-0.25, -0.2) is 0 Å². The molecule has 6 nitrogen and oxygen atoms in total. The molecule has 2 aromatic carbocycles. The third-order valence-electron chi connectivity index (χ3n) is 3.98. The molecular formula is C19H18ClN3O3. The molecule has 1 N–H and O–H groups in total. The number of hydrogen-bond acceptors (Lipinski definition) is 5. The summed E-state index contributed by atoms with van der Waals surface area (Å²) in [7, 11) is 0. The fourth-order valence-corrected chi connectivity index (χ4v) is 2.42. The predicted molar refractivity (Wildman–Crippen MR) is 99.4 cm³/mol. The molecule has 1 aromatic heterocycles. The zero-order valence-corrected chi connectivity index (χ0v) is 15.4. The van der Waals surface area contributed by atoms with Crippen molar-refractivity contribution in [1.29, 1.82) is 0 Å². The number of amides is 1. The number of aromatic nitrogens is 2. The van der Waals surface area contributed by atoms with Crippen LogP contribution in [0.3, 0.4) is 0 Å². The fraction of sp³-hybridized carbons (Fsp3) is 0.211. The molecule has 0 unspecified atom stereocenters. The highest BCUT2D eigenvalue weighted by atomic mass is 35.5. The molecule has 0 aliphatic carbocycles. The monoisotopic (exact) mass is 371 g/mol. The lowest BCUT2D eigenvalue weighted by molar-refractivity contribution is -0.122. The van der Waals surface area contributed by atoms with Crippen LogP contribution in [0.25, 0.3) is 11.5 Å². The molecule has 1 heterocycles. The number of benzene rings is 2. The summed E-state index contributed by atoms with van der Waals surface area (Å²) in [6, 6.07) is 12.7. The summed E-state index contributed by atoms with van der Waals surface area (Å²) in [5.41, 5.74) is 2.81. The highest BCUT2D eigenvalue weighted by molar-refractivity contribution is 6.30. The van der Waals surface area contributed by atoms with E-state index in [0.717, 1.165) is 11.1 Å². The van der Waals surface area contributed by atoms with Gasteiger partial charge in [0.2, 0.25) is 0 Å². The lowest BCUT2D eigenvalue weighted by Crippen LogP contribution is -2.30. The molecule has 7 heteroatoms. The third-order valence-corrected chi connectivity index (χ3v) is 4.23. The number of aryl methyl sites for hydroxylation is 1. The van der Waals surface area contributed by atoms with Crippen LogP contribution in [0.1, 0.15) is 18.1 Å². The van der Waals surface area contributed by atoms with Gasteiger partial charge in [-0.05, 0) is 67.4 Å². The number of carbonyl (C=O) groups excluding carboxylic acids is 1. The van der Waals surface area contributed by atoms with Crippen LogP contribution in [0.5, 0.6) is 5.75 Å². The van der Waals surface area contributed by atoms with E-state index in [0.29, 0.717) is 22.2 Å². The Balaban J connectivity index is 1.66. The molecule has 0 fully saturated rings. The first kappa shape index (κ1) is 17.9. The Morgan fingerprint density at radius 3 is 2.65 bits per heavy atom.